The summed E-state index contributed by atoms with van der Waals surface area (Å²) in [4.78, 5) is 22.8. The van der Waals surface area contributed by atoms with Crippen molar-refractivity contribution in [3.63, 3.8) is 0 Å². The highest BCUT2D eigenvalue weighted by molar-refractivity contribution is 6.00. The second-order valence-electron chi connectivity index (χ2n) is 6.80. The molecule has 0 radical (unpaired) electrons. The van der Waals surface area contributed by atoms with Crippen LogP contribution in [0.5, 0.6) is 0 Å². The summed E-state index contributed by atoms with van der Waals surface area (Å²) in [6.07, 6.45) is 2.10. The van der Waals surface area contributed by atoms with Gasteiger partial charge in [-0.2, -0.15) is 19.6 Å². The van der Waals surface area contributed by atoms with Crippen LogP contribution in [0.2, 0.25) is 0 Å². The van der Waals surface area contributed by atoms with E-state index in [-0.39, 0.29) is 18.9 Å². The van der Waals surface area contributed by atoms with Gasteiger partial charge in [0.05, 0.1) is 19.3 Å². The molecule has 0 spiro atoms. The Kier molecular flexibility index (Phi) is 5.09. The Morgan fingerprint density at radius 2 is 2.36 bits per heavy atom. The lowest BCUT2D eigenvalue weighted by molar-refractivity contribution is -0.117. The highest BCUT2D eigenvalue weighted by Gasteiger charge is 2.28. The molecule has 4 rings (SSSR count). The Labute approximate surface area is 160 Å². The molecule has 2 aliphatic rings. The van der Waals surface area contributed by atoms with Gasteiger partial charge in [-0.1, -0.05) is 0 Å². The lowest BCUT2D eigenvalue weighted by Gasteiger charge is -2.18. The predicted molar refractivity (Wildman–Crippen MR) is 99.6 cm³/mol. The number of amides is 1. The van der Waals surface area contributed by atoms with Gasteiger partial charge in [-0.15, -0.1) is 0 Å². The number of alkyl halides is 1. The van der Waals surface area contributed by atoms with E-state index < -0.39 is 12.4 Å². The van der Waals surface area contributed by atoms with E-state index in [1.165, 1.54) is 0 Å². The van der Waals surface area contributed by atoms with Gasteiger partial charge in [-0.25, -0.2) is 4.39 Å². The minimum atomic E-state index is -0.907. The largest absolute Gasteiger partial charge is 0.383 e. The third kappa shape index (κ3) is 3.62. The first-order chi connectivity index (χ1) is 13.5. The van der Waals surface area contributed by atoms with Crippen LogP contribution in [0.1, 0.15) is 18.4 Å². The number of aromatic nitrogens is 4. The van der Waals surface area contributed by atoms with Crippen molar-refractivity contribution in [3.05, 3.63) is 17.3 Å². The topological polar surface area (TPSA) is 117 Å². The van der Waals surface area contributed by atoms with Crippen molar-refractivity contribution in [1.82, 2.24) is 24.9 Å². The molecule has 2 atom stereocenters. The average Bonchev–Trinajstić information content (AvgIpc) is 3.35. The van der Waals surface area contributed by atoms with Crippen molar-refractivity contribution < 1.29 is 19.0 Å². The third-order valence-electron chi connectivity index (χ3n) is 4.71. The lowest BCUT2D eigenvalue weighted by atomic mass is 10.1. The van der Waals surface area contributed by atoms with Gasteiger partial charge in [-0.3, -0.25) is 4.79 Å². The fourth-order valence-electron chi connectivity index (χ4n) is 3.34. The first-order valence-corrected chi connectivity index (χ1v) is 9.12. The molecule has 10 nitrogen and oxygen atoms in total. The van der Waals surface area contributed by atoms with E-state index in [0.29, 0.717) is 54.8 Å². The number of ether oxygens (including phenoxy) is 1. The first kappa shape index (κ1) is 18.6. The molecule has 1 amide bonds. The molecule has 2 aromatic heterocycles. The number of hydrogen-bond acceptors (Lipinski definition) is 8. The molecule has 3 N–H and O–H groups in total. The van der Waals surface area contributed by atoms with Crippen LogP contribution < -0.4 is 15.5 Å². The zero-order chi connectivity index (χ0) is 19.7. The highest BCUT2D eigenvalue weighted by atomic mass is 19.1. The number of nitrogens with one attached hydrogen (secondary N) is 2. The number of carbonyl (C=O) groups excluding carboxylic acids is 1. The predicted octanol–water partition coefficient (Wildman–Crippen LogP) is -0.0475. The van der Waals surface area contributed by atoms with Gasteiger partial charge in [0.1, 0.15) is 12.4 Å². The summed E-state index contributed by atoms with van der Waals surface area (Å²) in [6.45, 7) is 1.77. The van der Waals surface area contributed by atoms with Gasteiger partial charge in [-0.05, 0) is 12.5 Å². The standard InChI is InChI=1S/C17H22FN7O3/c1-28-5-3-19-16-22-14-11(6-10-7-13(26)21-15(10)27)8-20-25(14)17(23-16)24-4-2-12(18)9-24/h6,8,12-13,26H,2-5,7,9H2,1H3,(H,19,22)(H,21,27)/b10-6+. The summed E-state index contributed by atoms with van der Waals surface area (Å²) in [5.41, 5.74) is 1.56. The zero-order valence-corrected chi connectivity index (χ0v) is 15.4. The summed E-state index contributed by atoms with van der Waals surface area (Å²) in [5, 5.41) is 19.5. The van der Waals surface area contributed by atoms with Crippen LogP contribution in [0.3, 0.4) is 0 Å². The van der Waals surface area contributed by atoms with Crippen LogP contribution in [-0.2, 0) is 9.53 Å². The number of nitrogens with zero attached hydrogens (tertiary/aromatic N) is 5. The fourth-order valence-corrected chi connectivity index (χ4v) is 3.34. The van der Waals surface area contributed by atoms with E-state index in [0.717, 1.165) is 0 Å². The molecule has 0 saturated carbocycles. The summed E-state index contributed by atoms with van der Waals surface area (Å²) in [5.74, 6) is 0.544. The van der Waals surface area contributed by atoms with E-state index in [2.05, 4.69) is 25.7 Å². The molecule has 11 heteroatoms. The van der Waals surface area contributed by atoms with Gasteiger partial charge >= 0.3 is 0 Å². The molecule has 2 saturated heterocycles. The second-order valence-corrected chi connectivity index (χ2v) is 6.80. The summed E-state index contributed by atoms with van der Waals surface area (Å²) < 4.78 is 20.3. The van der Waals surface area contributed by atoms with Crippen molar-refractivity contribution in [2.75, 3.05) is 43.6 Å². The summed E-state index contributed by atoms with van der Waals surface area (Å²) in [7, 11) is 1.60. The Hall–Kier alpha value is -2.79. The van der Waals surface area contributed by atoms with Gasteiger partial charge in [0, 0.05) is 37.8 Å². The molecule has 150 valence electrons. The SMILES string of the molecule is COCCNc1nc(N2CCC(F)C2)n2ncc(/C=C3\CC(O)NC3=O)c2n1. The number of fused-ring (bicyclic) bond motifs is 1. The number of aliphatic hydroxyl groups is 1. The fraction of sp³-hybridized carbons (Fsp3) is 0.529. The van der Waals surface area contributed by atoms with E-state index in [1.54, 1.807) is 23.9 Å². The maximum absolute atomic E-state index is 13.7. The molecule has 4 heterocycles. The van der Waals surface area contributed by atoms with Crippen molar-refractivity contribution in [3.8, 4) is 0 Å². The Morgan fingerprint density at radius 3 is 3.04 bits per heavy atom. The summed E-state index contributed by atoms with van der Waals surface area (Å²) in [6, 6.07) is 0. The van der Waals surface area contributed by atoms with Crippen molar-refractivity contribution in [1.29, 1.82) is 0 Å². The molecule has 0 bridgehead atoms. The molecular formula is C17H22FN7O3. The third-order valence-corrected chi connectivity index (χ3v) is 4.71. The number of methoxy groups -OCH3 is 1. The molecule has 0 aromatic carbocycles. The Bertz CT molecular complexity index is 916. The Balaban J connectivity index is 1.74. The smallest absolute Gasteiger partial charge is 0.249 e. The number of halogens is 1. The average molecular weight is 391 g/mol. The van der Waals surface area contributed by atoms with E-state index >= 15 is 0 Å². The van der Waals surface area contributed by atoms with Crippen LogP contribution >= 0.6 is 0 Å². The molecule has 2 aromatic rings. The van der Waals surface area contributed by atoms with Gasteiger partial charge in [0.15, 0.2) is 5.65 Å². The monoisotopic (exact) mass is 391 g/mol. The van der Waals surface area contributed by atoms with Gasteiger partial charge < -0.3 is 25.4 Å². The number of anilines is 2. The second kappa shape index (κ2) is 7.68. The van der Waals surface area contributed by atoms with E-state index in [9.17, 15) is 14.3 Å². The number of aliphatic hydroxyl groups excluding tert-OH is 1. The molecular weight excluding hydrogens is 369 g/mol. The van der Waals surface area contributed by atoms with Crippen LogP contribution in [0.4, 0.5) is 16.3 Å². The van der Waals surface area contributed by atoms with Crippen LogP contribution in [0, 0.1) is 0 Å². The Morgan fingerprint density at radius 1 is 1.50 bits per heavy atom. The number of hydrogen-bond donors (Lipinski definition) is 3. The normalized spacial score (nSPS) is 23.8. The molecule has 2 fully saturated rings. The quantitative estimate of drug-likeness (QED) is 0.464. The molecule has 0 aliphatic carbocycles. The highest BCUT2D eigenvalue weighted by Crippen LogP contribution is 2.25. The van der Waals surface area contributed by atoms with Crippen LogP contribution in [0.25, 0.3) is 11.7 Å². The molecule has 2 aliphatic heterocycles. The number of rotatable bonds is 6. The van der Waals surface area contributed by atoms with Crippen LogP contribution in [0.15, 0.2) is 11.8 Å². The van der Waals surface area contributed by atoms with Crippen molar-refractivity contribution in [2.24, 2.45) is 0 Å². The van der Waals surface area contributed by atoms with E-state index in [1.807, 2.05) is 4.90 Å². The maximum atomic E-state index is 13.7. The van der Waals surface area contributed by atoms with Gasteiger partial charge in [0.25, 0.3) is 0 Å². The maximum Gasteiger partial charge on any atom is 0.249 e. The minimum Gasteiger partial charge on any atom is -0.383 e. The number of carbonyl (C=O) groups is 1. The molecule has 2 unspecified atom stereocenters. The van der Waals surface area contributed by atoms with E-state index in [4.69, 9.17) is 4.74 Å². The molecule has 28 heavy (non-hydrogen) atoms. The van der Waals surface area contributed by atoms with Crippen LogP contribution in [-0.4, -0.2) is 76.3 Å². The zero-order valence-electron chi connectivity index (χ0n) is 15.4. The first-order valence-electron chi connectivity index (χ1n) is 9.12. The van der Waals surface area contributed by atoms with Crippen molar-refractivity contribution in [2.45, 2.75) is 25.2 Å². The minimum absolute atomic E-state index is 0.211. The lowest BCUT2D eigenvalue weighted by Crippen LogP contribution is -2.25. The summed E-state index contributed by atoms with van der Waals surface area (Å²) >= 11 is 0. The van der Waals surface area contributed by atoms with Gasteiger partial charge in [0.2, 0.25) is 17.8 Å². The van der Waals surface area contributed by atoms with Crippen molar-refractivity contribution >= 4 is 29.5 Å².